The fourth-order valence-electron chi connectivity index (χ4n) is 4.17. The summed E-state index contributed by atoms with van der Waals surface area (Å²) in [4.78, 5) is 16.9. The molecule has 1 saturated heterocycles. The van der Waals surface area contributed by atoms with Gasteiger partial charge in [0.1, 0.15) is 6.61 Å². The highest BCUT2D eigenvalue weighted by Crippen LogP contribution is 2.33. The Kier molecular flexibility index (Phi) is 6.69. The van der Waals surface area contributed by atoms with Crippen molar-refractivity contribution in [1.82, 2.24) is 9.80 Å². The van der Waals surface area contributed by atoms with Crippen LogP contribution in [0.3, 0.4) is 0 Å². The molecule has 0 atom stereocenters. The first-order valence-corrected chi connectivity index (χ1v) is 11.3. The third-order valence-electron chi connectivity index (χ3n) is 6.16. The zero-order valence-corrected chi connectivity index (χ0v) is 19.1. The summed E-state index contributed by atoms with van der Waals surface area (Å²) in [5, 5.41) is 0. The second-order valence-electron chi connectivity index (χ2n) is 8.54. The monoisotopic (exact) mass is 502 g/mol. The summed E-state index contributed by atoms with van der Waals surface area (Å²) in [6.07, 6.45) is 0. The smallest absolute Gasteiger partial charge is 0.253 e. The van der Waals surface area contributed by atoms with E-state index in [0.29, 0.717) is 37.3 Å². The zero-order valence-electron chi connectivity index (χ0n) is 19.1. The number of nitrogens with zero attached hydrogens (tertiary/aromatic N) is 2. The third kappa shape index (κ3) is 4.94. The van der Waals surface area contributed by atoms with Crippen LogP contribution in [-0.2, 0) is 13.2 Å². The summed E-state index contributed by atoms with van der Waals surface area (Å²) < 4.78 is 69.9. The van der Waals surface area contributed by atoms with E-state index >= 15 is 0 Å². The predicted molar refractivity (Wildman–Crippen MR) is 121 cm³/mol. The molecule has 2 aliphatic heterocycles. The van der Waals surface area contributed by atoms with Gasteiger partial charge < -0.3 is 19.1 Å². The Bertz CT molecular complexity index is 1250. The van der Waals surface area contributed by atoms with Crippen LogP contribution in [0.15, 0.2) is 48.5 Å². The van der Waals surface area contributed by atoms with Gasteiger partial charge in [0, 0.05) is 44.4 Å². The summed E-state index contributed by atoms with van der Waals surface area (Å²) in [5.74, 6) is -6.04. The van der Waals surface area contributed by atoms with Crippen molar-refractivity contribution < 1.29 is 36.6 Å². The number of hydrogen-bond acceptors (Lipinski definition) is 5. The number of fused-ring (bicyclic) bond motifs is 1. The highest BCUT2D eigenvalue weighted by Gasteiger charge is 2.24. The van der Waals surface area contributed by atoms with Crippen molar-refractivity contribution in [2.75, 3.05) is 33.0 Å². The molecule has 0 spiro atoms. The average molecular weight is 502 g/mol. The molecule has 36 heavy (non-hydrogen) atoms. The Morgan fingerprint density at radius 1 is 0.806 bits per heavy atom. The lowest BCUT2D eigenvalue weighted by molar-refractivity contribution is 0.0628. The van der Waals surface area contributed by atoms with Crippen molar-refractivity contribution in [3.05, 3.63) is 88.5 Å². The molecule has 0 bridgehead atoms. The Morgan fingerprint density at radius 3 is 2.14 bits per heavy atom. The van der Waals surface area contributed by atoms with Gasteiger partial charge in [-0.05, 0) is 35.4 Å². The molecule has 2 aliphatic rings. The lowest BCUT2D eigenvalue weighted by atomic mass is 10.1. The van der Waals surface area contributed by atoms with Crippen LogP contribution < -0.4 is 14.2 Å². The van der Waals surface area contributed by atoms with E-state index in [0.717, 1.165) is 23.6 Å². The van der Waals surface area contributed by atoms with Gasteiger partial charge in [0.2, 0.25) is 18.4 Å². The van der Waals surface area contributed by atoms with E-state index in [2.05, 4.69) is 4.90 Å². The SMILES string of the molecule is O=C(c1ccc(COc2c(F)c(F)cc(F)c2F)cc1)N1CCN(Cc2ccc3c(c2)OCO3)CC1. The second-order valence-corrected chi connectivity index (χ2v) is 8.54. The van der Waals surface area contributed by atoms with Gasteiger partial charge in [0.25, 0.3) is 5.91 Å². The van der Waals surface area contributed by atoms with E-state index in [4.69, 9.17) is 14.2 Å². The van der Waals surface area contributed by atoms with Crippen molar-refractivity contribution >= 4 is 5.91 Å². The van der Waals surface area contributed by atoms with Gasteiger partial charge in [-0.2, -0.15) is 8.78 Å². The van der Waals surface area contributed by atoms with Crippen LogP contribution in [0.1, 0.15) is 21.5 Å². The Morgan fingerprint density at radius 2 is 1.44 bits per heavy atom. The van der Waals surface area contributed by atoms with Crippen LogP contribution in [0.5, 0.6) is 17.2 Å². The maximum atomic E-state index is 13.8. The summed E-state index contributed by atoms with van der Waals surface area (Å²) >= 11 is 0. The molecule has 10 heteroatoms. The van der Waals surface area contributed by atoms with Crippen LogP contribution in [0, 0.1) is 23.3 Å². The maximum absolute atomic E-state index is 13.8. The normalized spacial score (nSPS) is 15.3. The van der Waals surface area contributed by atoms with E-state index in [1.165, 1.54) is 0 Å². The minimum Gasteiger partial charge on any atom is -0.483 e. The van der Waals surface area contributed by atoms with Crippen molar-refractivity contribution in [2.45, 2.75) is 13.2 Å². The predicted octanol–water partition coefficient (Wildman–Crippen LogP) is 4.51. The third-order valence-corrected chi connectivity index (χ3v) is 6.16. The molecule has 3 aromatic carbocycles. The number of carbonyl (C=O) groups is 1. The van der Waals surface area contributed by atoms with E-state index in [1.807, 2.05) is 18.2 Å². The van der Waals surface area contributed by atoms with Crippen molar-refractivity contribution in [2.24, 2.45) is 0 Å². The highest BCUT2D eigenvalue weighted by atomic mass is 19.2. The van der Waals surface area contributed by atoms with Crippen LogP contribution in [-0.4, -0.2) is 48.7 Å². The molecule has 188 valence electrons. The number of hydrogen-bond donors (Lipinski definition) is 0. The number of carbonyl (C=O) groups excluding carboxylic acids is 1. The van der Waals surface area contributed by atoms with Crippen molar-refractivity contribution in [3.8, 4) is 17.2 Å². The molecular formula is C26H22F4N2O4. The first-order valence-electron chi connectivity index (χ1n) is 11.3. The molecule has 0 aliphatic carbocycles. The number of benzene rings is 3. The van der Waals surface area contributed by atoms with Crippen LogP contribution in [0.4, 0.5) is 17.6 Å². The molecule has 0 saturated carbocycles. The van der Waals surface area contributed by atoms with Crippen molar-refractivity contribution in [1.29, 1.82) is 0 Å². The van der Waals surface area contributed by atoms with E-state index in [-0.39, 0.29) is 25.4 Å². The number of piperazine rings is 1. The van der Waals surface area contributed by atoms with Gasteiger partial charge in [0.15, 0.2) is 28.9 Å². The van der Waals surface area contributed by atoms with Gasteiger partial charge in [0.05, 0.1) is 0 Å². The maximum Gasteiger partial charge on any atom is 0.253 e. The van der Waals surface area contributed by atoms with Crippen molar-refractivity contribution in [3.63, 3.8) is 0 Å². The van der Waals surface area contributed by atoms with Gasteiger partial charge in [-0.15, -0.1) is 0 Å². The molecule has 5 rings (SSSR count). The molecule has 3 aromatic rings. The Hall–Kier alpha value is -3.79. The van der Waals surface area contributed by atoms with E-state index in [9.17, 15) is 22.4 Å². The second kappa shape index (κ2) is 10.1. The Labute approximate surface area is 204 Å². The largest absolute Gasteiger partial charge is 0.483 e. The molecule has 0 aromatic heterocycles. The molecule has 0 radical (unpaired) electrons. The average Bonchev–Trinajstić information content (AvgIpc) is 3.36. The molecule has 1 amide bonds. The molecule has 0 N–H and O–H groups in total. The summed E-state index contributed by atoms with van der Waals surface area (Å²) in [5.41, 5.74) is 2.04. The summed E-state index contributed by atoms with van der Waals surface area (Å²) in [7, 11) is 0. The quantitative estimate of drug-likeness (QED) is 0.367. The minimum atomic E-state index is -1.60. The van der Waals surface area contributed by atoms with E-state index < -0.39 is 29.0 Å². The molecular weight excluding hydrogens is 480 g/mol. The number of ether oxygens (including phenoxy) is 3. The summed E-state index contributed by atoms with van der Waals surface area (Å²) in [6.45, 7) is 3.21. The summed E-state index contributed by atoms with van der Waals surface area (Å²) in [6, 6.07) is 12.3. The van der Waals surface area contributed by atoms with Crippen LogP contribution >= 0.6 is 0 Å². The molecule has 2 heterocycles. The number of amides is 1. The van der Waals surface area contributed by atoms with Gasteiger partial charge in [-0.1, -0.05) is 18.2 Å². The Balaban J connectivity index is 1.14. The zero-order chi connectivity index (χ0) is 25.2. The van der Waals surface area contributed by atoms with Gasteiger partial charge in [-0.3, -0.25) is 9.69 Å². The van der Waals surface area contributed by atoms with Gasteiger partial charge in [-0.25, -0.2) is 8.78 Å². The lowest BCUT2D eigenvalue weighted by Crippen LogP contribution is -2.48. The van der Waals surface area contributed by atoms with Gasteiger partial charge >= 0.3 is 0 Å². The fourth-order valence-corrected chi connectivity index (χ4v) is 4.17. The first-order chi connectivity index (χ1) is 17.4. The molecule has 0 unspecified atom stereocenters. The fraction of sp³-hybridized carbons (Fsp3) is 0.269. The number of rotatable bonds is 6. The van der Waals surface area contributed by atoms with E-state index in [1.54, 1.807) is 29.2 Å². The molecule has 1 fully saturated rings. The lowest BCUT2D eigenvalue weighted by Gasteiger charge is -2.34. The van der Waals surface area contributed by atoms with Crippen LogP contribution in [0.2, 0.25) is 0 Å². The topological polar surface area (TPSA) is 51.2 Å². The minimum absolute atomic E-state index is 0.120. The number of halogens is 4. The first kappa shape index (κ1) is 23.9. The molecule has 6 nitrogen and oxygen atoms in total. The standard InChI is InChI=1S/C26H22F4N2O4/c27-19-12-20(28)24(30)25(23(19)29)34-14-16-1-4-18(5-2-16)26(33)32-9-7-31(8-10-32)13-17-3-6-21-22(11-17)36-15-35-21/h1-6,11-12H,7-10,13-15H2. The highest BCUT2D eigenvalue weighted by molar-refractivity contribution is 5.94. The van der Waals surface area contributed by atoms with Crippen LogP contribution in [0.25, 0.3) is 0 Å².